The van der Waals surface area contributed by atoms with Gasteiger partial charge in [-0.2, -0.15) is 9.40 Å². The molecule has 0 aliphatic carbocycles. The van der Waals surface area contributed by atoms with Gasteiger partial charge in [-0.25, -0.2) is 8.42 Å². The van der Waals surface area contributed by atoms with Gasteiger partial charge < -0.3 is 5.11 Å². The highest BCUT2D eigenvalue weighted by Crippen LogP contribution is 2.29. The van der Waals surface area contributed by atoms with Crippen LogP contribution in [0.25, 0.3) is 0 Å². The zero-order valence-electron chi connectivity index (χ0n) is 11.3. The lowest BCUT2D eigenvalue weighted by atomic mass is 9.85. The molecule has 1 fully saturated rings. The number of hydrogen-bond acceptors (Lipinski definition) is 4. The van der Waals surface area contributed by atoms with E-state index in [1.807, 2.05) is 6.92 Å². The summed E-state index contributed by atoms with van der Waals surface area (Å²) in [5, 5.41) is 15.1. The standard InChI is InChI=1S/C12H19N3O4S/c1-9(7-12(16)17)10-3-2-6-15(8-10)20(18,19)11-4-5-13-14-11/h4-5,9-10H,2-3,6-8H2,1H3,(H,13,14)(H,16,17). The van der Waals surface area contributed by atoms with Gasteiger partial charge in [-0.3, -0.25) is 9.89 Å². The van der Waals surface area contributed by atoms with E-state index in [0.717, 1.165) is 12.8 Å². The molecule has 2 unspecified atom stereocenters. The molecule has 1 aromatic rings. The predicted molar refractivity (Wildman–Crippen MR) is 71.5 cm³/mol. The second-order valence-electron chi connectivity index (χ2n) is 5.26. The third-order valence-corrected chi connectivity index (χ3v) is 5.61. The summed E-state index contributed by atoms with van der Waals surface area (Å²) < 4.78 is 26.2. The molecule has 0 amide bonds. The molecule has 0 bridgehead atoms. The average molecular weight is 301 g/mol. The Kier molecular flexibility index (Phi) is 4.44. The van der Waals surface area contributed by atoms with Crippen LogP contribution in [0.4, 0.5) is 0 Å². The average Bonchev–Trinajstić information content (AvgIpc) is 2.92. The van der Waals surface area contributed by atoms with E-state index >= 15 is 0 Å². The lowest BCUT2D eigenvalue weighted by Crippen LogP contribution is -2.42. The molecular weight excluding hydrogens is 282 g/mol. The van der Waals surface area contributed by atoms with E-state index in [-0.39, 0.29) is 23.3 Å². The van der Waals surface area contributed by atoms with Gasteiger partial charge in [-0.1, -0.05) is 6.92 Å². The van der Waals surface area contributed by atoms with Crippen LogP contribution < -0.4 is 0 Å². The molecular formula is C12H19N3O4S. The number of piperidine rings is 1. The third-order valence-electron chi connectivity index (χ3n) is 3.81. The first kappa shape index (κ1) is 15.0. The van der Waals surface area contributed by atoms with Gasteiger partial charge in [-0.15, -0.1) is 0 Å². The number of nitrogens with one attached hydrogen (secondary N) is 1. The molecule has 112 valence electrons. The van der Waals surface area contributed by atoms with E-state index in [0.29, 0.717) is 13.1 Å². The van der Waals surface area contributed by atoms with Crippen LogP contribution in [0.3, 0.4) is 0 Å². The fourth-order valence-corrected chi connectivity index (χ4v) is 4.06. The second kappa shape index (κ2) is 5.92. The highest BCUT2D eigenvalue weighted by Gasteiger charge is 2.33. The summed E-state index contributed by atoms with van der Waals surface area (Å²) in [6.07, 6.45) is 3.09. The molecule has 0 radical (unpaired) electrons. The SMILES string of the molecule is CC(CC(=O)O)C1CCCN(S(=O)(=O)c2ccn[nH]2)C1. The molecule has 1 aliphatic heterocycles. The number of carbonyl (C=O) groups is 1. The molecule has 1 aromatic heterocycles. The summed E-state index contributed by atoms with van der Waals surface area (Å²) in [6.45, 7) is 2.71. The molecule has 20 heavy (non-hydrogen) atoms. The topological polar surface area (TPSA) is 103 Å². The summed E-state index contributed by atoms with van der Waals surface area (Å²) >= 11 is 0. The number of sulfonamides is 1. The van der Waals surface area contributed by atoms with E-state index in [9.17, 15) is 13.2 Å². The third kappa shape index (κ3) is 3.18. The van der Waals surface area contributed by atoms with Crippen molar-refractivity contribution in [2.24, 2.45) is 11.8 Å². The lowest BCUT2D eigenvalue weighted by Gasteiger charge is -2.34. The molecule has 2 N–H and O–H groups in total. The first-order valence-corrected chi connectivity index (χ1v) is 8.06. The van der Waals surface area contributed by atoms with Crippen molar-refractivity contribution in [2.45, 2.75) is 31.2 Å². The number of hydrogen-bond donors (Lipinski definition) is 2. The monoisotopic (exact) mass is 301 g/mol. The number of rotatable bonds is 5. The van der Waals surface area contributed by atoms with Crippen molar-refractivity contribution in [3.05, 3.63) is 12.3 Å². The second-order valence-corrected chi connectivity index (χ2v) is 7.17. The molecule has 7 nitrogen and oxygen atoms in total. The number of carboxylic acids is 1. The first-order valence-electron chi connectivity index (χ1n) is 6.62. The Hall–Kier alpha value is -1.41. The van der Waals surface area contributed by atoms with Crippen molar-refractivity contribution in [3.8, 4) is 0 Å². The minimum absolute atomic E-state index is 0.0349. The molecule has 1 aliphatic rings. The van der Waals surface area contributed by atoms with Crippen LogP contribution >= 0.6 is 0 Å². The fraction of sp³-hybridized carbons (Fsp3) is 0.667. The van der Waals surface area contributed by atoms with Gasteiger partial charge in [0.15, 0.2) is 5.03 Å². The predicted octanol–water partition coefficient (Wildman–Crippen LogP) is 0.921. The van der Waals surface area contributed by atoms with Gasteiger partial charge in [0, 0.05) is 19.5 Å². The van der Waals surface area contributed by atoms with Gasteiger partial charge in [0.05, 0.1) is 6.20 Å². The van der Waals surface area contributed by atoms with Gasteiger partial charge in [0.1, 0.15) is 0 Å². The van der Waals surface area contributed by atoms with E-state index in [4.69, 9.17) is 5.11 Å². The highest BCUT2D eigenvalue weighted by molar-refractivity contribution is 7.89. The number of aliphatic carboxylic acids is 1. The van der Waals surface area contributed by atoms with Gasteiger partial charge in [0.2, 0.25) is 0 Å². The van der Waals surface area contributed by atoms with Crippen LogP contribution in [0.2, 0.25) is 0 Å². The van der Waals surface area contributed by atoms with E-state index in [1.165, 1.54) is 16.6 Å². The van der Waals surface area contributed by atoms with Crippen LogP contribution in [0.5, 0.6) is 0 Å². The minimum Gasteiger partial charge on any atom is -0.481 e. The molecule has 0 saturated carbocycles. The normalized spacial score (nSPS) is 22.6. The number of aromatic nitrogens is 2. The Bertz CT molecular complexity index is 555. The van der Waals surface area contributed by atoms with Gasteiger partial charge >= 0.3 is 5.97 Å². The van der Waals surface area contributed by atoms with Crippen LogP contribution in [0, 0.1) is 11.8 Å². The maximum absolute atomic E-state index is 12.4. The molecule has 2 heterocycles. The zero-order chi connectivity index (χ0) is 14.8. The van der Waals surface area contributed by atoms with Crippen LogP contribution in [0.1, 0.15) is 26.2 Å². The molecule has 2 atom stereocenters. The molecule has 2 rings (SSSR count). The van der Waals surface area contributed by atoms with E-state index in [1.54, 1.807) is 0 Å². The molecule has 0 spiro atoms. The number of nitrogens with zero attached hydrogens (tertiary/aromatic N) is 2. The largest absolute Gasteiger partial charge is 0.481 e. The Morgan fingerprint density at radius 3 is 3.00 bits per heavy atom. The lowest BCUT2D eigenvalue weighted by molar-refractivity contribution is -0.138. The summed E-state index contributed by atoms with van der Waals surface area (Å²) in [7, 11) is -3.55. The van der Waals surface area contributed by atoms with E-state index in [2.05, 4.69) is 10.2 Å². The summed E-state index contributed by atoms with van der Waals surface area (Å²) in [5.41, 5.74) is 0. The van der Waals surface area contributed by atoms with E-state index < -0.39 is 16.0 Å². The molecule has 8 heteroatoms. The van der Waals surface area contributed by atoms with Crippen molar-refractivity contribution < 1.29 is 18.3 Å². The zero-order valence-corrected chi connectivity index (χ0v) is 12.1. The van der Waals surface area contributed by atoms with Crippen molar-refractivity contribution in [1.29, 1.82) is 0 Å². The first-order chi connectivity index (χ1) is 9.41. The summed E-state index contributed by atoms with van der Waals surface area (Å²) in [4.78, 5) is 10.8. The maximum atomic E-state index is 12.4. The molecule has 1 saturated heterocycles. The maximum Gasteiger partial charge on any atom is 0.303 e. The van der Waals surface area contributed by atoms with Gasteiger partial charge in [0.25, 0.3) is 10.0 Å². The van der Waals surface area contributed by atoms with Gasteiger partial charge in [-0.05, 0) is 30.7 Å². The Labute approximate surface area is 118 Å². The Morgan fingerprint density at radius 2 is 2.40 bits per heavy atom. The number of aromatic amines is 1. The Balaban J connectivity index is 2.09. The number of H-pyrrole nitrogens is 1. The van der Waals surface area contributed by atoms with Crippen LogP contribution in [-0.2, 0) is 14.8 Å². The van der Waals surface area contributed by atoms with Crippen molar-refractivity contribution in [3.63, 3.8) is 0 Å². The fourth-order valence-electron chi connectivity index (χ4n) is 2.62. The smallest absolute Gasteiger partial charge is 0.303 e. The number of carboxylic acid groups (broad SMARTS) is 1. The van der Waals surface area contributed by atoms with Crippen molar-refractivity contribution in [2.75, 3.05) is 13.1 Å². The molecule has 0 aromatic carbocycles. The minimum atomic E-state index is -3.55. The Morgan fingerprint density at radius 1 is 1.65 bits per heavy atom. The van der Waals surface area contributed by atoms with Crippen molar-refractivity contribution in [1.82, 2.24) is 14.5 Å². The van der Waals surface area contributed by atoms with Crippen LogP contribution in [-0.4, -0.2) is 47.1 Å². The van der Waals surface area contributed by atoms with Crippen LogP contribution in [0.15, 0.2) is 17.3 Å². The summed E-state index contributed by atoms with van der Waals surface area (Å²) in [6, 6.07) is 1.43. The highest BCUT2D eigenvalue weighted by atomic mass is 32.2. The van der Waals surface area contributed by atoms with Crippen molar-refractivity contribution >= 4 is 16.0 Å². The quantitative estimate of drug-likeness (QED) is 0.841. The summed E-state index contributed by atoms with van der Waals surface area (Å²) in [5.74, 6) is -0.795.